The maximum Gasteiger partial charge on any atom is 0.132 e. The number of hydrogen-bond donors (Lipinski definition) is 1. The molecule has 0 amide bonds. The summed E-state index contributed by atoms with van der Waals surface area (Å²) in [5.74, 6) is 1.80. The van der Waals surface area contributed by atoms with Crippen LogP contribution in [0.15, 0.2) is 48.5 Å². The first-order valence-corrected chi connectivity index (χ1v) is 11.2. The smallest absolute Gasteiger partial charge is 0.132 e. The van der Waals surface area contributed by atoms with Gasteiger partial charge in [0.25, 0.3) is 0 Å². The van der Waals surface area contributed by atoms with Crippen molar-refractivity contribution >= 4 is 10.9 Å². The van der Waals surface area contributed by atoms with Crippen molar-refractivity contribution < 1.29 is 14.2 Å². The van der Waals surface area contributed by atoms with Crippen LogP contribution in [0.4, 0.5) is 4.39 Å². The van der Waals surface area contributed by atoms with Gasteiger partial charge in [-0.2, -0.15) is 0 Å². The molecule has 0 saturated carbocycles. The van der Waals surface area contributed by atoms with E-state index in [1.165, 1.54) is 18.9 Å². The van der Waals surface area contributed by atoms with Crippen molar-refractivity contribution in [2.45, 2.75) is 38.3 Å². The second-order valence-corrected chi connectivity index (χ2v) is 8.92. The van der Waals surface area contributed by atoms with Gasteiger partial charge in [0.15, 0.2) is 0 Å². The third-order valence-corrected chi connectivity index (χ3v) is 7.34. The minimum absolute atomic E-state index is 0.0758. The molecule has 0 radical (unpaired) electrons. The van der Waals surface area contributed by atoms with Crippen LogP contribution in [-0.4, -0.2) is 41.2 Å². The molecule has 6 rings (SSSR count). The molecule has 2 unspecified atom stereocenters. The molecule has 0 aliphatic carbocycles. The Balaban J connectivity index is 1.61. The van der Waals surface area contributed by atoms with Crippen molar-refractivity contribution in [1.82, 2.24) is 9.88 Å². The number of fused-ring (bicyclic) bond motifs is 4. The zero-order valence-electron chi connectivity index (χ0n) is 18.1. The first-order chi connectivity index (χ1) is 15.1. The number of methoxy groups -OCH3 is 1. The molecule has 3 aliphatic heterocycles. The predicted molar refractivity (Wildman–Crippen MR) is 121 cm³/mol. The summed E-state index contributed by atoms with van der Waals surface area (Å²) in [6.07, 6.45) is 2.75. The lowest BCUT2D eigenvalue weighted by Gasteiger charge is -2.51. The van der Waals surface area contributed by atoms with E-state index < -0.39 is 6.10 Å². The highest BCUT2D eigenvalue weighted by Gasteiger charge is 2.42. The number of rotatable bonds is 5. The quantitative estimate of drug-likeness (QED) is 0.616. The maximum absolute atomic E-state index is 14.6. The van der Waals surface area contributed by atoms with Gasteiger partial charge in [0, 0.05) is 23.5 Å². The highest BCUT2D eigenvalue weighted by molar-refractivity contribution is 5.87. The van der Waals surface area contributed by atoms with E-state index in [1.54, 1.807) is 19.2 Å². The van der Waals surface area contributed by atoms with Gasteiger partial charge in [-0.05, 0) is 73.2 Å². The Morgan fingerprint density at radius 1 is 1.23 bits per heavy atom. The van der Waals surface area contributed by atoms with Gasteiger partial charge in [-0.15, -0.1) is 0 Å². The Hall–Kier alpha value is -2.50. The van der Waals surface area contributed by atoms with E-state index in [0.717, 1.165) is 47.6 Å². The monoisotopic (exact) mass is 420 g/mol. The first-order valence-electron chi connectivity index (χ1n) is 11.2. The van der Waals surface area contributed by atoms with Crippen LogP contribution in [-0.2, 0) is 0 Å². The van der Waals surface area contributed by atoms with E-state index in [4.69, 9.17) is 9.72 Å². The summed E-state index contributed by atoms with van der Waals surface area (Å²) < 4.78 is 20.0. The standard InChI is InChI=1S/C26H29FN2O2/c1-3-16-15-29-11-10-17(16)12-25(29)26(30)21-14-24(19-6-4-5-7-22(19)27)28-23-9-8-18(31-2)13-20(21)23/h4-9,13-14,16-17,25-26,30H,3,10-12,15H2,1-2H3/t16-,17-,25?,26+/m0/s1. The van der Waals surface area contributed by atoms with Gasteiger partial charge < -0.3 is 9.84 Å². The molecular weight excluding hydrogens is 391 g/mol. The number of halogens is 1. The minimum atomic E-state index is -0.663. The molecule has 1 aromatic heterocycles. The average molecular weight is 421 g/mol. The molecule has 4 nitrogen and oxygen atoms in total. The number of benzene rings is 2. The van der Waals surface area contributed by atoms with E-state index in [2.05, 4.69) is 11.8 Å². The van der Waals surface area contributed by atoms with Crippen LogP contribution in [0.5, 0.6) is 5.75 Å². The number of piperidine rings is 3. The molecule has 2 bridgehead atoms. The van der Waals surface area contributed by atoms with Crippen molar-refractivity contribution in [3.63, 3.8) is 0 Å². The maximum atomic E-state index is 14.6. The van der Waals surface area contributed by atoms with Crippen molar-refractivity contribution in [3.05, 3.63) is 59.9 Å². The molecule has 0 spiro atoms. The van der Waals surface area contributed by atoms with Gasteiger partial charge in [-0.3, -0.25) is 4.90 Å². The third-order valence-electron chi connectivity index (χ3n) is 7.34. The van der Waals surface area contributed by atoms with Crippen LogP contribution < -0.4 is 4.74 Å². The van der Waals surface area contributed by atoms with Crippen molar-refractivity contribution in [2.24, 2.45) is 11.8 Å². The number of aliphatic hydroxyl groups is 1. The third kappa shape index (κ3) is 3.60. The van der Waals surface area contributed by atoms with Crippen LogP contribution in [0.25, 0.3) is 22.2 Å². The molecular formula is C26H29FN2O2. The summed E-state index contributed by atoms with van der Waals surface area (Å²) in [5.41, 5.74) is 2.53. The summed E-state index contributed by atoms with van der Waals surface area (Å²) in [7, 11) is 1.63. The molecule has 5 atom stereocenters. The highest BCUT2D eigenvalue weighted by Crippen LogP contribution is 2.43. The van der Waals surface area contributed by atoms with Gasteiger partial charge >= 0.3 is 0 Å². The normalized spacial score (nSPS) is 26.2. The lowest BCUT2D eigenvalue weighted by molar-refractivity contribution is -0.0562. The van der Waals surface area contributed by atoms with Crippen LogP contribution in [0.3, 0.4) is 0 Å². The predicted octanol–water partition coefficient (Wildman–Crippen LogP) is 5.20. The Bertz CT molecular complexity index is 1100. The van der Waals surface area contributed by atoms with Crippen LogP contribution in [0.2, 0.25) is 0 Å². The molecule has 3 aliphatic rings. The summed E-state index contributed by atoms with van der Waals surface area (Å²) in [6, 6.07) is 14.3. The molecule has 3 fully saturated rings. The van der Waals surface area contributed by atoms with Gasteiger partial charge in [0.2, 0.25) is 0 Å². The molecule has 3 aromatic rings. The summed E-state index contributed by atoms with van der Waals surface area (Å²) in [4.78, 5) is 7.18. The number of ether oxygens (including phenoxy) is 1. The van der Waals surface area contributed by atoms with Gasteiger partial charge in [0.1, 0.15) is 11.6 Å². The Kier molecular flexibility index (Phi) is 5.40. The minimum Gasteiger partial charge on any atom is -0.497 e. The van der Waals surface area contributed by atoms with Crippen LogP contribution in [0.1, 0.15) is 37.9 Å². The Labute approximate surface area is 182 Å². The molecule has 2 aromatic carbocycles. The zero-order valence-corrected chi connectivity index (χ0v) is 18.1. The molecule has 3 saturated heterocycles. The summed E-state index contributed by atoms with van der Waals surface area (Å²) in [5, 5.41) is 12.5. The SMILES string of the molecule is CC[C@H]1CN2CC[C@H]1CC2[C@H](O)c1cc(-c2ccccc2F)nc2ccc(OC)cc12. The lowest BCUT2D eigenvalue weighted by atomic mass is 9.72. The fourth-order valence-corrected chi connectivity index (χ4v) is 5.59. The van der Waals surface area contributed by atoms with Gasteiger partial charge in [-0.25, -0.2) is 9.37 Å². The van der Waals surface area contributed by atoms with Crippen molar-refractivity contribution in [1.29, 1.82) is 0 Å². The summed E-state index contributed by atoms with van der Waals surface area (Å²) in [6.45, 7) is 4.35. The van der Waals surface area contributed by atoms with E-state index in [9.17, 15) is 9.50 Å². The molecule has 5 heteroatoms. The van der Waals surface area contributed by atoms with E-state index in [-0.39, 0.29) is 11.9 Å². The van der Waals surface area contributed by atoms with Crippen molar-refractivity contribution in [3.8, 4) is 17.0 Å². The zero-order chi connectivity index (χ0) is 21.5. The van der Waals surface area contributed by atoms with E-state index in [1.807, 2.05) is 30.3 Å². The van der Waals surface area contributed by atoms with Crippen LogP contribution >= 0.6 is 0 Å². The number of hydrogen-bond acceptors (Lipinski definition) is 4. The molecule has 4 heterocycles. The fraction of sp³-hybridized carbons (Fsp3) is 0.423. The molecule has 1 N–H and O–H groups in total. The first kappa shape index (κ1) is 20.4. The largest absolute Gasteiger partial charge is 0.497 e. The second-order valence-electron chi connectivity index (χ2n) is 8.92. The summed E-state index contributed by atoms with van der Waals surface area (Å²) >= 11 is 0. The number of aromatic nitrogens is 1. The molecule has 31 heavy (non-hydrogen) atoms. The molecule has 162 valence electrons. The number of aliphatic hydroxyl groups excluding tert-OH is 1. The number of pyridine rings is 1. The van der Waals surface area contributed by atoms with E-state index in [0.29, 0.717) is 17.2 Å². The van der Waals surface area contributed by atoms with Crippen LogP contribution in [0, 0.1) is 17.7 Å². The Morgan fingerprint density at radius 2 is 2.06 bits per heavy atom. The topological polar surface area (TPSA) is 45.6 Å². The average Bonchev–Trinajstić information content (AvgIpc) is 2.83. The van der Waals surface area contributed by atoms with Crippen molar-refractivity contribution in [2.75, 3.05) is 20.2 Å². The van der Waals surface area contributed by atoms with E-state index >= 15 is 0 Å². The number of nitrogens with zero attached hydrogens (tertiary/aromatic N) is 2. The van der Waals surface area contributed by atoms with Gasteiger partial charge in [-0.1, -0.05) is 25.5 Å². The second kappa shape index (κ2) is 8.21. The fourth-order valence-electron chi connectivity index (χ4n) is 5.59. The Morgan fingerprint density at radius 3 is 2.77 bits per heavy atom. The lowest BCUT2D eigenvalue weighted by Crippen LogP contribution is -2.55. The highest BCUT2D eigenvalue weighted by atomic mass is 19.1. The van der Waals surface area contributed by atoms with Gasteiger partial charge in [0.05, 0.1) is 24.4 Å².